The minimum Gasteiger partial charge on any atom is -0.485 e. The Labute approximate surface area is 414 Å². The van der Waals surface area contributed by atoms with E-state index < -0.39 is 76.5 Å². The first kappa shape index (κ1) is 48.9. The van der Waals surface area contributed by atoms with Crippen LogP contribution in [0.3, 0.4) is 0 Å². The van der Waals surface area contributed by atoms with Gasteiger partial charge in [0.1, 0.15) is 23.9 Å². The molecule has 69 heavy (non-hydrogen) atoms. The third kappa shape index (κ3) is 7.65. The molecule has 5 aliphatic carbocycles. The third-order valence-corrected chi connectivity index (χ3v) is 23.0. The molecule has 7 N–H and O–H groups in total. The Bertz CT molecular complexity index is 2300. The highest BCUT2D eigenvalue weighted by atomic mass is 33.1. The zero-order valence-electron chi connectivity index (χ0n) is 40.5. The second-order valence-corrected chi connectivity index (χ2v) is 26.0. The minimum atomic E-state index is -2.55. The summed E-state index contributed by atoms with van der Waals surface area (Å²) in [6, 6.07) is 3.77. The molecule has 10 aliphatic rings. The number of aryl methyl sites for hydroxylation is 1. The number of carbonyl (C=O) groups is 1. The Kier molecular flexibility index (Phi) is 13.0. The largest absolute Gasteiger partial charge is 0.485 e. The van der Waals surface area contributed by atoms with E-state index in [0.717, 1.165) is 38.5 Å². The molecule has 4 saturated carbocycles. The maximum Gasteiger partial charge on any atom is 0.306 e. The first-order valence-corrected chi connectivity index (χ1v) is 28.7. The summed E-state index contributed by atoms with van der Waals surface area (Å²) < 4.78 is 33.2. The first-order valence-electron chi connectivity index (χ1n) is 26.4. The number of hydrogen-bond acceptors (Lipinski definition) is 15. The van der Waals surface area contributed by atoms with E-state index in [1.54, 1.807) is 42.2 Å². The fraction of sp³-hybridized carbons (Fsp3) is 0.759. The van der Waals surface area contributed by atoms with Gasteiger partial charge in [0.15, 0.2) is 16.9 Å². The topological polar surface area (TPSA) is 201 Å². The number of furan rings is 1. The molecule has 1 aromatic carbocycles. The number of fused-ring (bicyclic) bond motifs is 8. The highest BCUT2D eigenvalue weighted by molar-refractivity contribution is 8.77. The van der Waals surface area contributed by atoms with Crippen LogP contribution in [-0.2, 0) is 20.7 Å². The molecule has 380 valence electrons. The number of nitrogens with one attached hydrogen (secondary N) is 1. The lowest BCUT2D eigenvalue weighted by Crippen LogP contribution is -2.91. The van der Waals surface area contributed by atoms with Crippen LogP contribution in [-0.4, -0.2) is 120 Å². The van der Waals surface area contributed by atoms with Gasteiger partial charge in [0.25, 0.3) is 5.79 Å². The number of rotatable bonds is 5. The predicted octanol–water partition coefficient (Wildman–Crippen LogP) is 7.45. The second kappa shape index (κ2) is 18.3. The summed E-state index contributed by atoms with van der Waals surface area (Å²) in [5.74, 6) is -4.90. The molecule has 6 bridgehead atoms. The lowest BCUT2D eigenvalue weighted by atomic mass is 9.46. The van der Waals surface area contributed by atoms with Crippen molar-refractivity contribution < 1.29 is 58.8 Å². The number of hydrogen-bond donors (Lipinski definition) is 7. The van der Waals surface area contributed by atoms with Crippen LogP contribution in [0.15, 0.2) is 47.1 Å². The number of ether oxygens (including phenoxy) is 4. The molecule has 12 rings (SSSR count). The molecule has 13 nitrogen and oxygen atoms in total. The monoisotopic (exact) mass is 993 g/mol. The van der Waals surface area contributed by atoms with Crippen LogP contribution in [0.1, 0.15) is 135 Å². The summed E-state index contributed by atoms with van der Waals surface area (Å²) >= 11 is 0. The number of esters is 1. The van der Waals surface area contributed by atoms with Gasteiger partial charge in [-0.1, -0.05) is 78.8 Å². The molecule has 2 aromatic rings. The highest BCUT2D eigenvalue weighted by Gasteiger charge is 2.84. The number of aliphatic hydroxyl groups is 6. The van der Waals surface area contributed by atoms with Gasteiger partial charge in [0, 0.05) is 47.6 Å². The lowest BCUT2D eigenvalue weighted by molar-refractivity contribution is -0.457. The Morgan fingerprint density at radius 2 is 1.74 bits per heavy atom. The van der Waals surface area contributed by atoms with E-state index in [2.05, 4.69) is 12.2 Å². The summed E-state index contributed by atoms with van der Waals surface area (Å²) in [4.78, 5) is 13.1. The van der Waals surface area contributed by atoms with E-state index in [0.29, 0.717) is 40.8 Å². The number of benzene rings is 1. The van der Waals surface area contributed by atoms with Crippen molar-refractivity contribution in [2.45, 2.75) is 193 Å². The summed E-state index contributed by atoms with van der Waals surface area (Å²) in [5, 5.41) is 81.0. The summed E-state index contributed by atoms with van der Waals surface area (Å²) in [7, 11) is 3.49. The Balaban J connectivity index is 1.13. The zero-order chi connectivity index (χ0) is 48.0. The molecule has 2 saturated heterocycles. The van der Waals surface area contributed by atoms with E-state index in [9.17, 15) is 35.4 Å². The molecule has 15 atom stereocenters. The van der Waals surface area contributed by atoms with Crippen LogP contribution in [0.25, 0.3) is 11.0 Å². The molecule has 1 aromatic heterocycles. The van der Waals surface area contributed by atoms with Gasteiger partial charge in [-0.25, -0.2) is 0 Å². The van der Waals surface area contributed by atoms with E-state index in [1.807, 2.05) is 29.0 Å². The molecule has 6 fully saturated rings. The van der Waals surface area contributed by atoms with Crippen LogP contribution in [0.2, 0.25) is 0 Å². The molecule has 0 unspecified atom stereocenters. The van der Waals surface area contributed by atoms with Gasteiger partial charge in [-0.15, -0.1) is 0 Å². The van der Waals surface area contributed by atoms with Crippen molar-refractivity contribution in [1.82, 2.24) is 5.32 Å². The van der Waals surface area contributed by atoms with Crippen molar-refractivity contribution in [1.29, 1.82) is 0 Å². The maximum absolute atomic E-state index is 13.9. The first-order chi connectivity index (χ1) is 33.2. The van der Waals surface area contributed by atoms with Crippen molar-refractivity contribution in [3.05, 3.63) is 48.3 Å². The molecule has 15 heteroatoms. The predicted molar refractivity (Wildman–Crippen MR) is 264 cm³/mol. The van der Waals surface area contributed by atoms with Gasteiger partial charge >= 0.3 is 5.97 Å². The molecular formula is C54H75NO12S2. The molecule has 5 spiro atoms. The minimum absolute atomic E-state index is 0.0114. The summed E-state index contributed by atoms with van der Waals surface area (Å²) in [6.07, 6.45) is 21.1. The van der Waals surface area contributed by atoms with E-state index in [-0.39, 0.29) is 66.6 Å². The average Bonchev–Trinajstić information content (AvgIpc) is 4.09. The van der Waals surface area contributed by atoms with E-state index in [1.165, 1.54) is 51.4 Å². The number of aliphatic hydroxyl groups excluding tert-OH is 4. The fourth-order valence-electron chi connectivity index (χ4n) is 16.1. The van der Waals surface area contributed by atoms with Gasteiger partial charge in [0.05, 0.1) is 30.3 Å². The lowest BCUT2D eigenvalue weighted by Gasteiger charge is -2.72. The SMILES string of the molecule is CCOC(=O)CCc1cc2ccoc2c2c1O[C@]13C=C[C@H]4SS[C@@]5(CCC[C@@]6(CCC7(CCCC7)C6)C5)[C@@H](CC[C@H](C)CCC[C@H](O)[C@@]4(O1)[C@]1(O)C[C@@H]4C=C[C@@H](O)[C@@H](CO)[C@H]4[C@@]3(O)[C@H]1O)NCCO2. The standard InChI is InChI=1S/C54H75NO12S2/c1-3-63-42(59)15-12-34-28-35-17-26-64-44(35)46-45(34)66-52-22-16-41-54(67-52,51(61)29-36-11-13-38(57)37(30-56)43(36)53(52,62)47(51)60)40(58)9-6-8-33(2)10-14-39(55-25-27-65-46)50(69-68-41)21-7-20-49(32-50)24-23-48(31-49)18-4-5-19-48/h11,13,16-17,22,26,28,33,36-41,43,47,55-58,60-62H,3-10,12,14-15,18-21,23-25,27,29-32H2,1-2H3/t33-,36+,37-,38-,39-,40+,41-,43+,47+,49+,50-,51+,52-,53-,54+/m1/s1. The van der Waals surface area contributed by atoms with E-state index >= 15 is 0 Å². The van der Waals surface area contributed by atoms with Crippen LogP contribution >= 0.6 is 21.6 Å². The van der Waals surface area contributed by atoms with Crippen LogP contribution < -0.4 is 14.8 Å². The van der Waals surface area contributed by atoms with Gasteiger partial charge in [-0.05, 0) is 137 Å². The van der Waals surface area contributed by atoms with Crippen molar-refractivity contribution in [3.63, 3.8) is 0 Å². The number of allylic oxidation sites excluding steroid dienone is 1. The fourth-order valence-corrected chi connectivity index (χ4v) is 20.3. The van der Waals surface area contributed by atoms with Gasteiger partial charge in [0.2, 0.25) is 5.75 Å². The summed E-state index contributed by atoms with van der Waals surface area (Å²) in [6.45, 7) is 4.45. The van der Waals surface area contributed by atoms with Crippen LogP contribution in [0.4, 0.5) is 0 Å². The van der Waals surface area contributed by atoms with Crippen molar-refractivity contribution >= 4 is 38.5 Å². The second-order valence-electron chi connectivity index (χ2n) is 23.2. The van der Waals surface area contributed by atoms with Gasteiger partial charge in [-0.2, -0.15) is 0 Å². The molecule has 0 amide bonds. The van der Waals surface area contributed by atoms with Crippen LogP contribution in [0, 0.1) is 34.5 Å². The van der Waals surface area contributed by atoms with Gasteiger partial charge in [-0.3, -0.25) is 4.79 Å². The normalized spacial score (nSPS) is 44.8. The molecule has 0 radical (unpaired) electrons. The van der Waals surface area contributed by atoms with Crippen molar-refractivity contribution in [3.8, 4) is 11.5 Å². The Morgan fingerprint density at radius 1 is 0.928 bits per heavy atom. The molecular weight excluding hydrogens is 919 g/mol. The smallest absolute Gasteiger partial charge is 0.306 e. The third-order valence-electron chi connectivity index (χ3n) is 19.3. The quantitative estimate of drug-likeness (QED) is 0.0885. The average molecular weight is 994 g/mol. The van der Waals surface area contributed by atoms with Crippen LogP contribution in [0.5, 0.6) is 11.5 Å². The maximum atomic E-state index is 13.9. The van der Waals surface area contributed by atoms with E-state index in [4.69, 9.17) is 23.4 Å². The van der Waals surface area contributed by atoms with Crippen molar-refractivity contribution in [2.75, 3.05) is 26.4 Å². The Morgan fingerprint density at radius 3 is 2.55 bits per heavy atom. The molecule has 6 heterocycles. The molecule has 5 aliphatic heterocycles. The zero-order valence-corrected chi connectivity index (χ0v) is 42.1. The summed E-state index contributed by atoms with van der Waals surface area (Å²) in [5.41, 5.74) is -5.22. The highest BCUT2D eigenvalue weighted by Crippen LogP contribution is 2.70. The Hall–Kier alpha value is -2.31. The van der Waals surface area contributed by atoms with Crippen molar-refractivity contribution in [2.24, 2.45) is 34.5 Å². The number of carbonyl (C=O) groups excluding carboxylic acids is 1. The van der Waals surface area contributed by atoms with Gasteiger partial charge < -0.3 is 59.3 Å².